The summed E-state index contributed by atoms with van der Waals surface area (Å²) in [6.07, 6.45) is 4.08. The van der Waals surface area contributed by atoms with Crippen LogP contribution >= 0.6 is 0 Å². The van der Waals surface area contributed by atoms with Crippen LogP contribution in [0.25, 0.3) is 0 Å². The lowest BCUT2D eigenvalue weighted by Crippen LogP contribution is -2.27. The van der Waals surface area contributed by atoms with Gasteiger partial charge in [-0.05, 0) is 31.6 Å². The highest BCUT2D eigenvalue weighted by atomic mass is 16.6. The number of carbonyl (C=O) groups is 1. The summed E-state index contributed by atoms with van der Waals surface area (Å²) in [7, 11) is 1.57. The second kappa shape index (κ2) is 2.73. The Hall–Kier alpha value is -0.570. The van der Waals surface area contributed by atoms with Crippen molar-refractivity contribution < 1.29 is 14.3 Å². The highest BCUT2D eigenvalue weighted by Crippen LogP contribution is 2.40. The standard InChI is InChI=1S/C9H14O3/c1-11-9(4-5-9)8(10)12-6-7-2-3-7/h7H,2-6H2,1H3. The van der Waals surface area contributed by atoms with Crippen molar-refractivity contribution in [2.24, 2.45) is 5.92 Å². The van der Waals surface area contributed by atoms with Gasteiger partial charge in [0.05, 0.1) is 6.61 Å². The van der Waals surface area contributed by atoms with Crippen molar-refractivity contribution in [2.45, 2.75) is 31.3 Å². The average molecular weight is 170 g/mol. The number of carbonyl (C=O) groups excluding carboxylic acids is 1. The Morgan fingerprint density at radius 1 is 1.50 bits per heavy atom. The maximum atomic E-state index is 11.3. The van der Waals surface area contributed by atoms with Crippen molar-refractivity contribution in [3.8, 4) is 0 Å². The summed E-state index contributed by atoms with van der Waals surface area (Å²) < 4.78 is 10.2. The molecule has 68 valence electrons. The van der Waals surface area contributed by atoms with E-state index in [-0.39, 0.29) is 5.97 Å². The molecule has 0 radical (unpaired) electrons. The first-order valence-corrected chi connectivity index (χ1v) is 4.49. The van der Waals surface area contributed by atoms with Crippen molar-refractivity contribution in [2.75, 3.05) is 13.7 Å². The monoisotopic (exact) mass is 170 g/mol. The molecule has 0 saturated heterocycles. The molecule has 0 N–H and O–H groups in total. The molecular formula is C9H14O3. The zero-order valence-electron chi connectivity index (χ0n) is 7.34. The molecule has 0 amide bonds. The van der Waals surface area contributed by atoms with E-state index in [0.29, 0.717) is 12.5 Å². The number of hydrogen-bond donors (Lipinski definition) is 0. The Morgan fingerprint density at radius 2 is 2.17 bits per heavy atom. The normalized spacial score (nSPS) is 25.1. The van der Waals surface area contributed by atoms with E-state index in [4.69, 9.17) is 9.47 Å². The van der Waals surface area contributed by atoms with Crippen LogP contribution in [0.15, 0.2) is 0 Å². The van der Waals surface area contributed by atoms with Crippen LogP contribution in [-0.4, -0.2) is 25.3 Å². The molecule has 2 aliphatic carbocycles. The lowest BCUT2D eigenvalue weighted by molar-refractivity contribution is -0.158. The van der Waals surface area contributed by atoms with Gasteiger partial charge in [-0.1, -0.05) is 0 Å². The molecule has 3 nitrogen and oxygen atoms in total. The van der Waals surface area contributed by atoms with E-state index in [0.717, 1.165) is 12.8 Å². The third kappa shape index (κ3) is 1.46. The summed E-state index contributed by atoms with van der Waals surface area (Å²) in [5.41, 5.74) is -0.547. The third-order valence-corrected chi connectivity index (χ3v) is 2.61. The summed E-state index contributed by atoms with van der Waals surface area (Å²) >= 11 is 0. The Bertz CT molecular complexity index is 192. The number of esters is 1. The van der Waals surface area contributed by atoms with E-state index >= 15 is 0 Å². The smallest absolute Gasteiger partial charge is 0.338 e. The topological polar surface area (TPSA) is 35.5 Å². The first kappa shape index (κ1) is 8.05. The predicted molar refractivity (Wildman–Crippen MR) is 42.7 cm³/mol. The molecule has 0 spiro atoms. The Balaban J connectivity index is 1.75. The van der Waals surface area contributed by atoms with Gasteiger partial charge in [0.15, 0.2) is 5.60 Å². The largest absolute Gasteiger partial charge is 0.463 e. The Kier molecular flexibility index (Phi) is 1.83. The van der Waals surface area contributed by atoms with Crippen LogP contribution in [0.2, 0.25) is 0 Å². The third-order valence-electron chi connectivity index (χ3n) is 2.61. The summed E-state index contributed by atoms with van der Waals surface area (Å²) in [6.45, 7) is 0.601. The molecule has 2 aliphatic rings. The molecule has 3 heteroatoms. The van der Waals surface area contributed by atoms with Gasteiger partial charge in [0.2, 0.25) is 0 Å². The van der Waals surface area contributed by atoms with Gasteiger partial charge in [-0.25, -0.2) is 4.79 Å². The van der Waals surface area contributed by atoms with E-state index in [1.54, 1.807) is 7.11 Å². The first-order chi connectivity index (χ1) is 5.77. The lowest BCUT2D eigenvalue weighted by atomic mass is 10.3. The van der Waals surface area contributed by atoms with Crippen LogP contribution in [-0.2, 0) is 14.3 Å². The SMILES string of the molecule is COC1(C(=O)OCC2CC2)CC1. The van der Waals surface area contributed by atoms with Gasteiger partial charge in [-0.3, -0.25) is 0 Å². The minimum Gasteiger partial charge on any atom is -0.463 e. The average Bonchev–Trinajstić information content (AvgIpc) is 2.95. The summed E-state index contributed by atoms with van der Waals surface area (Å²) in [5, 5.41) is 0. The second-order valence-corrected chi connectivity index (χ2v) is 3.74. The second-order valence-electron chi connectivity index (χ2n) is 3.74. The molecule has 0 aromatic rings. The Labute approximate surface area is 72.0 Å². The van der Waals surface area contributed by atoms with Gasteiger partial charge in [-0.2, -0.15) is 0 Å². The molecule has 2 saturated carbocycles. The predicted octanol–water partition coefficient (Wildman–Crippen LogP) is 1.12. The zero-order chi connectivity index (χ0) is 8.60. The molecule has 0 unspecified atom stereocenters. The van der Waals surface area contributed by atoms with E-state index < -0.39 is 5.60 Å². The van der Waals surface area contributed by atoms with Gasteiger partial charge >= 0.3 is 5.97 Å². The van der Waals surface area contributed by atoms with E-state index in [1.807, 2.05) is 0 Å². The minimum absolute atomic E-state index is 0.156. The fourth-order valence-electron chi connectivity index (χ4n) is 1.21. The fourth-order valence-corrected chi connectivity index (χ4v) is 1.21. The van der Waals surface area contributed by atoms with Crippen LogP contribution in [0.4, 0.5) is 0 Å². The highest BCUT2D eigenvalue weighted by molar-refractivity contribution is 5.82. The van der Waals surface area contributed by atoms with Crippen molar-refractivity contribution in [3.63, 3.8) is 0 Å². The molecule has 0 aliphatic heterocycles. The molecule has 0 bridgehead atoms. The van der Waals surface area contributed by atoms with Crippen molar-refractivity contribution in [1.29, 1.82) is 0 Å². The quantitative estimate of drug-likeness (QED) is 0.593. The number of ether oxygens (including phenoxy) is 2. The van der Waals surface area contributed by atoms with Crippen LogP contribution in [0, 0.1) is 5.92 Å². The number of rotatable bonds is 4. The van der Waals surface area contributed by atoms with Crippen LogP contribution in [0.1, 0.15) is 25.7 Å². The summed E-state index contributed by atoms with van der Waals surface area (Å²) in [6, 6.07) is 0. The Morgan fingerprint density at radius 3 is 2.58 bits per heavy atom. The maximum Gasteiger partial charge on any atom is 0.338 e. The molecule has 2 rings (SSSR count). The van der Waals surface area contributed by atoms with E-state index in [9.17, 15) is 4.79 Å². The van der Waals surface area contributed by atoms with Crippen molar-refractivity contribution >= 4 is 5.97 Å². The van der Waals surface area contributed by atoms with E-state index in [2.05, 4.69) is 0 Å². The van der Waals surface area contributed by atoms with Gasteiger partial charge in [-0.15, -0.1) is 0 Å². The first-order valence-electron chi connectivity index (χ1n) is 4.49. The van der Waals surface area contributed by atoms with Gasteiger partial charge < -0.3 is 9.47 Å². The zero-order valence-corrected chi connectivity index (χ0v) is 7.34. The molecule has 0 atom stereocenters. The molecule has 2 fully saturated rings. The fraction of sp³-hybridized carbons (Fsp3) is 0.889. The maximum absolute atomic E-state index is 11.3. The van der Waals surface area contributed by atoms with Crippen molar-refractivity contribution in [3.05, 3.63) is 0 Å². The van der Waals surface area contributed by atoms with Crippen LogP contribution < -0.4 is 0 Å². The van der Waals surface area contributed by atoms with Gasteiger partial charge in [0, 0.05) is 7.11 Å². The number of hydrogen-bond acceptors (Lipinski definition) is 3. The summed E-state index contributed by atoms with van der Waals surface area (Å²) in [5.74, 6) is 0.485. The van der Waals surface area contributed by atoms with E-state index in [1.165, 1.54) is 12.8 Å². The highest BCUT2D eigenvalue weighted by Gasteiger charge is 2.52. The molecule has 0 aromatic carbocycles. The van der Waals surface area contributed by atoms with Crippen LogP contribution in [0.3, 0.4) is 0 Å². The molecule has 0 aromatic heterocycles. The lowest BCUT2D eigenvalue weighted by Gasteiger charge is -2.11. The summed E-state index contributed by atoms with van der Waals surface area (Å²) in [4.78, 5) is 11.3. The minimum atomic E-state index is -0.547. The van der Waals surface area contributed by atoms with Gasteiger partial charge in [0.1, 0.15) is 0 Å². The molecule has 0 heterocycles. The van der Waals surface area contributed by atoms with Crippen LogP contribution in [0.5, 0.6) is 0 Å². The molecule has 12 heavy (non-hydrogen) atoms. The van der Waals surface area contributed by atoms with Crippen molar-refractivity contribution in [1.82, 2.24) is 0 Å². The molecular weight excluding hydrogens is 156 g/mol. The number of methoxy groups -OCH3 is 1. The van der Waals surface area contributed by atoms with Gasteiger partial charge in [0.25, 0.3) is 0 Å².